The van der Waals surface area contributed by atoms with Crippen LogP contribution in [0, 0.1) is 0 Å². The lowest BCUT2D eigenvalue weighted by Gasteiger charge is -2.08. The van der Waals surface area contributed by atoms with Gasteiger partial charge in [0.2, 0.25) is 0 Å². The Labute approximate surface area is 103 Å². The number of nitrogens with one attached hydrogen (secondary N) is 2. The fourth-order valence-corrected chi connectivity index (χ4v) is 1.58. The number of benzene rings is 1. The van der Waals surface area contributed by atoms with E-state index in [-0.39, 0.29) is 0 Å². The van der Waals surface area contributed by atoms with E-state index in [2.05, 4.69) is 48.7 Å². The summed E-state index contributed by atoms with van der Waals surface area (Å²) in [5.74, 6) is 0.601. The number of hydrogen-bond acceptors (Lipinski definition) is 1. The molecule has 0 amide bonds. The van der Waals surface area contributed by atoms with Gasteiger partial charge < -0.3 is 10.6 Å². The van der Waals surface area contributed by atoms with Gasteiger partial charge in [0.25, 0.3) is 0 Å². The molecule has 0 saturated heterocycles. The van der Waals surface area contributed by atoms with E-state index >= 15 is 0 Å². The molecule has 1 aromatic carbocycles. The molecule has 0 spiro atoms. The maximum Gasteiger partial charge on any atom is 0.166 e. The second-order valence-corrected chi connectivity index (χ2v) is 4.56. The summed E-state index contributed by atoms with van der Waals surface area (Å²) < 4.78 is 0. The predicted octanol–water partition coefficient (Wildman–Crippen LogP) is 2.45. The topological polar surface area (TPSA) is 24.1 Å². The van der Waals surface area contributed by atoms with Gasteiger partial charge in [-0.1, -0.05) is 38.1 Å². The molecular weight excluding hydrogens is 216 g/mol. The average Bonchev–Trinajstić information content (AvgIpc) is 2.29. The monoisotopic (exact) mass is 236 g/mol. The molecule has 1 aromatic rings. The Balaban J connectivity index is 2.40. The first kappa shape index (κ1) is 13.0. The van der Waals surface area contributed by atoms with Crippen LogP contribution in [0.15, 0.2) is 24.3 Å². The maximum absolute atomic E-state index is 5.00. The Bertz CT molecular complexity index is 330. The van der Waals surface area contributed by atoms with Crippen LogP contribution in [-0.4, -0.2) is 18.7 Å². The van der Waals surface area contributed by atoms with E-state index in [0.29, 0.717) is 11.0 Å². The van der Waals surface area contributed by atoms with E-state index in [1.165, 1.54) is 11.1 Å². The van der Waals surface area contributed by atoms with Crippen molar-refractivity contribution in [1.82, 2.24) is 10.6 Å². The van der Waals surface area contributed by atoms with Crippen molar-refractivity contribution in [2.24, 2.45) is 0 Å². The standard InChI is InChI=1S/C13H20N2S/c1-10(2)12-6-4-11(5-7-12)8-9-15-13(16)14-3/h4-7,10H,8-9H2,1-3H3,(H2,14,15,16). The lowest BCUT2D eigenvalue weighted by atomic mass is 10.0. The maximum atomic E-state index is 5.00. The molecule has 16 heavy (non-hydrogen) atoms. The van der Waals surface area contributed by atoms with Crippen molar-refractivity contribution in [2.45, 2.75) is 26.2 Å². The van der Waals surface area contributed by atoms with Gasteiger partial charge in [-0.25, -0.2) is 0 Å². The molecule has 0 atom stereocenters. The van der Waals surface area contributed by atoms with Crippen LogP contribution in [0.2, 0.25) is 0 Å². The first-order valence-electron chi connectivity index (χ1n) is 5.68. The summed E-state index contributed by atoms with van der Waals surface area (Å²) >= 11 is 5.00. The molecule has 0 bridgehead atoms. The Hall–Kier alpha value is -1.09. The summed E-state index contributed by atoms with van der Waals surface area (Å²) in [6, 6.07) is 8.80. The normalized spacial score (nSPS) is 10.2. The first-order valence-corrected chi connectivity index (χ1v) is 6.08. The van der Waals surface area contributed by atoms with Crippen LogP contribution in [0.3, 0.4) is 0 Å². The first-order chi connectivity index (χ1) is 7.63. The molecule has 2 N–H and O–H groups in total. The van der Waals surface area contributed by atoms with Crippen LogP contribution in [-0.2, 0) is 6.42 Å². The second kappa shape index (κ2) is 6.48. The van der Waals surface area contributed by atoms with Crippen LogP contribution in [0.4, 0.5) is 0 Å². The minimum absolute atomic E-state index is 0.601. The molecule has 0 fully saturated rings. The summed E-state index contributed by atoms with van der Waals surface area (Å²) in [7, 11) is 1.83. The third-order valence-electron chi connectivity index (χ3n) is 2.57. The van der Waals surface area contributed by atoms with Gasteiger partial charge in [-0.3, -0.25) is 0 Å². The third-order valence-corrected chi connectivity index (χ3v) is 2.92. The summed E-state index contributed by atoms with van der Waals surface area (Å²) in [5, 5.41) is 6.74. The Morgan fingerprint density at radius 3 is 2.38 bits per heavy atom. The van der Waals surface area contributed by atoms with Crippen molar-refractivity contribution < 1.29 is 0 Å². The number of hydrogen-bond donors (Lipinski definition) is 2. The van der Waals surface area contributed by atoms with Crippen molar-refractivity contribution in [3.63, 3.8) is 0 Å². The van der Waals surface area contributed by atoms with Gasteiger partial charge >= 0.3 is 0 Å². The zero-order valence-electron chi connectivity index (χ0n) is 10.2. The Kier molecular flexibility index (Phi) is 5.26. The van der Waals surface area contributed by atoms with Crippen molar-refractivity contribution in [3.05, 3.63) is 35.4 Å². The fraction of sp³-hybridized carbons (Fsp3) is 0.462. The minimum Gasteiger partial charge on any atom is -0.366 e. The summed E-state index contributed by atoms with van der Waals surface area (Å²) in [4.78, 5) is 0. The molecule has 0 heterocycles. The average molecular weight is 236 g/mol. The molecule has 0 aromatic heterocycles. The molecule has 1 rings (SSSR count). The van der Waals surface area contributed by atoms with Crippen molar-refractivity contribution in [2.75, 3.05) is 13.6 Å². The van der Waals surface area contributed by atoms with E-state index in [9.17, 15) is 0 Å². The lowest BCUT2D eigenvalue weighted by Crippen LogP contribution is -2.33. The van der Waals surface area contributed by atoms with Gasteiger partial charge in [-0.05, 0) is 35.7 Å². The second-order valence-electron chi connectivity index (χ2n) is 4.15. The Morgan fingerprint density at radius 1 is 1.25 bits per heavy atom. The SMILES string of the molecule is CNC(=S)NCCc1ccc(C(C)C)cc1. The summed E-state index contributed by atoms with van der Waals surface area (Å²) in [6.45, 7) is 5.30. The van der Waals surface area contributed by atoms with Gasteiger partial charge in [0.1, 0.15) is 0 Å². The molecule has 0 aliphatic rings. The van der Waals surface area contributed by atoms with E-state index in [1.54, 1.807) is 0 Å². The highest BCUT2D eigenvalue weighted by Gasteiger charge is 1.99. The van der Waals surface area contributed by atoms with E-state index in [1.807, 2.05) is 7.05 Å². The number of thiocarbonyl (C=S) groups is 1. The van der Waals surface area contributed by atoms with Gasteiger partial charge in [0, 0.05) is 13.6 Å². The molecule has 2 nitrogen and oxygen atoms in total. The van der Waals surface area contributed by atoms with Crippen LogP contribution >= 0.6 is 12.2 Å². The van der Waals surface area contributed by atoms with Gasteiger partial charge in [-0.2, -0.15) is 0 Å². The fourth-order valence-electron chi connectivity index (χ4n) is 1.48. The summed E-state index contributed by atoms with van der Waals surface area (Å²) in [5.41, 5.74) is 2.73. The quantitative estimate of drug-likeness (QED) is 0.785. The Morgan fingerprint density at radius 2 is 1.88 bits per heavy atom. The van der Waals surface area contributed by atoms with E-state index in [0.717, 1.165) is 13.0 Å². The van der Waals surface area contributed by atoms with Crippen molar-refractivity contribution in [3.8, 4) is 0 Å². The van der Waals surface area contributed by atoms with E-state index in [4.69, 9.17) is 12.2 Å². The van der Waals surface area contributed by atoms with Crippen LogP contribution in [0.1, 0.15) is 30.9 Å². The molecule has 0 radical (unpaired) electrons. The van der Waals surface area contributed by atoms with Crippen molar-refractivity contribution >= 4 is 17.3 Å². The van der Waals surface area contributed by atoms with Gasteiger partial charge in [0.05, 0.1) is 0 Å². The van der Waals surface area contributed by atoms with Crippen LogP contribution < -0.4 is 10.6 Å². The molecule has 0 unspecified atom stereocenters. The lowest BCUT2D eigenvalue weighted by molar-refractivity contribution is 0.842. The van der Waals surface area contributed by atoms with Crippen molar-refractivity contribution in [1.29, 1.82) is 0 Å². The van der Waals surface area contributed by atoms with Gasteiger partial charge in [-0.15, -0.1) is 0 Å². The largest absolute Gasteiger partial charge is 0.366 e. The molecule has 88 valence electrons. The molecule has 0 saturated carbocycles. The van der Waals surface area contributed by atoms with Gasteiger partial charge in [0.15, 0.2) is 5.11 Å². The zero-order valence-corrected chi connectivity index (χ0v) is 11.0. The molecule has 0 aliphatic heterocycles. The molecule has 3 heteroatoms. The molecule has 0 aliphatic carbocycles. The number of rotatable bonds is 4. The van der Waals surface area contributed by atoms with Crippen LogP contribution in [0.5, 0.6) is 0 Å². The highest BCUT2D eigenvalue weighted by molar-refractivity contribution is 7.80. The minimum atomic E-state index is 0.601. The highest BCUT2D eigenvalue weighted by atomic mass is 32.1. The van der Waals surface area contributed by atoms with E-state index < -0.39 is 0 Å². The van der Waals surface area contributed by atoms with Crippen LogP contribution in [0.25, 0.3) is 0 Å². The highest BCUT2D eigenvalue weighted by Crippen LogP contribution is 2.14. The smallest absolute Gasteiger partial charge is 0.166 e. The molecular formula is C13H20N2S. The predicted molar refractivity (Wildman–Crippen MR) is 73.9 cm³/mol. The third kappa shape index (κ3) is 4.19. The zero-order chi connectivity index (χ0) is 12.0. The summed E-state index contributed by atoms with van der Waals surface area (Å²) in [6.07, 6.45) is 1.00.